The maximum atomic E-state index is 4.92. The van der Waals surface area contributed by atoms with Gasteiger partial charge < -0.3 is 10.2 Å². The zero-order chi connectivity index (χ0) is 20.1. The third-order valence-electron chi connectivity index (χ3n) is 6.36. The maximum Gasteiger partial charge on any atom is 0.194 e. The Hall–Kier alpha value is -2.34. The molecule has 0 saturated carbocycles. The van der Waals surface area contributed by atoms with Crippen LogP contribution in [0.1, 0.15) is 37.4 Å². The topological polar surface area (TPSA) is 48.7 Å². The van der Waals surface area contributed by atoms with E-state index in [1.165, 1.54) is 31.4 Å². The normalized spacial score (nSPS) is 23.1. The van der Waals surface area contributed by atoms with E-state index in [0.717, 1.165) is 43.8 Å². The van der Waals surface area contributed by atoms with Gasteiger partial charge in [0, 0.05) is 45.5 Å². The first-order chi connectivity index (χ1) is 14.2. The van der Waals surface area contributed by atoms with Crippen LogP contribution < -0.4 is 5.32 Å². The van der Waals surface area contributed by atoms with E-state index in [1.54, 1.807) is 0 Å². The predicted octanol–water partition coefficient (Wildman–Crippen LogP) is 2.87. The summed E-state index contributed by atoms with van der Waals surface area (Å²) in [4.78, 5) is 10.1. The molecule has 2 saturated heterocycles. The number of nitrogens with zero attached hydrogens (tertiary/aromatic N) is 5. The number of piperidine rings is 2. The van der Waals surface area contributed by atoms with E-state index in [9.17, 15) is 0 Å². The van der Waals surface area contributed by atoms with E-state index in [4.69, 9.17) is 4.99 Å². The van der Waals surface area contributed by atoms with Crippen LogP contribution in [0.5, 0.6) is 0 Å². The van der Waals surface area contributed by atoms with Crippen LogP contribution in [0, 0.1) is 5.92 Å². The molecule has 6 heteroatoms. The van der Waals surface area contributed by atoms with Gasteiger partial charge in [-0.05, 0) is 50.3 Å². The third kappa shape index (κ3) is 4.81. The highest BCUT2D eigenvalue weighted by Gasteiger charge is 2.36. The standard InChI is InChI=1S/C23H34N6/c1-3-24-23(25-16-21-11-13-26-27(21)2)29-15-12-22-20(18-29)10-7-14-28(22)17-19-8-5-4-6-9-19/h4-6,8-9,11,13,20,22H,3,7,10,12,14-18H2,1-2H3,(H,24,25). The van der Waals surface area contributed by atoms with E-state index in [0.29, 0.717) is 12.6 Å². The molecule has 6 nitrogen and oxygen atoms in total. The van der Waals surface area contributed by atoms with Crippen molar-refractivity contribution in [3.05, 3.63) is 53.9 Å². The quantitative estimate of drug-likeness (QED) is 0.626. The summed E-state index contributed by atoms with van der Waals surface area (Å²) in [6.45, 7) is 8.20. The third-order valence-corrected chi connectivity index (χ3v) is 6.36. The lowest BCUT2D eigenvalue weighted by Crippen LogP contribution is -2.56. The first kappa shape index (κ1) is 20.0. The predicted molar refractivity (Wildman–Crippen MR) is 118 cm³/mol. The molecule has 156 valence electrons. The Morgan fingerprint density at radius 2 is 2.03 bits per heavy atom. The fraction of sp³-hybridized carbons (Fsp3) is 0.565. The number of hydrogen-bond donors (Lipinski definition) is 1. The molecular formula is C23H34N6. The largest absolute Gasteiger partial charge is 0.357 e. The Kier molecular flexibility index (Phi) is 6.49. The van der Waals surface area contributed by atoms with Crippen LogP contribution in [-0.2, 0) is 20.1 Å². The molecule has 0 radical (unpaired) electrons. The van der Waals surface area contributed by atoms with E-state index >= 15 is 0 Å². The number of aryl methyl sites for hydroxylation is 1. The molecular weight excluding hydrogens is 360 g/mol. The lowest BCUT2D eigenvalue weighted by atomic mass is 9.83. The number of benzene rings is 1. The van der Waals surface area contributed by atoms with Crippen molar-refractivity contribution in [2.24, 2.45) is 18.0 Å². The summed E-state index contributed by atoms with van der Waals surface area (Å²) in [7, 11) is 1.98. The second-order valence-corrected chi connectivity index (χ2v) is 8.28. The molecule has 2 unspecified atom stereocenters. The highest BCUT2D eigenvalue weighted by atomic mass is 15.3. The van der Waals surface area contributed by atoms with E-state index in [1.807, 2.05) is 24.0 Å². The van der Waals surface area contributed by atoms with Crippen molar-refractivity contribution in [1.82, 2.24) is 24.9 Å². The van der Waals surface area contributed by atoms with Crippen molar-refractivity contribution in [2.75, 3.05) is 26.2 Å². The number of aromatic nitrogens is 2. The van der Waals surface area contributed by atoms with Gasteiger partial charge in [-0.15, -0.1) is 0 Å². The monoisotopic (exact) mass is 394 g/mol. The molecule has 0 aliphatic carbocycles. The average Bonchev–Trinajstić information content (AvgIpc) is 3.16. The van der Waals surface area contributed by atoms with Crippen molar-refractivity contribution < 1.29 is 0 Å². The average molecular weight is 395 g/mol. The van der Waals surface area contributed by atoms with Gasteiger partial charge in [-0.25, -0.2) is 4.99 Å². The zero-order valence-electron chi connectivity index (χ0n) is 17.8. The Morgan fingerprint density at radius 1 is 1.17 bits per heavy atom. The molecule has 2 aromatic rings. The molecule has 4 rings (SSSR count). The highest BCUT2D eigenvalue weighted by molar-refractivity contribution is 5.80. The molecule has 1 N–H and O–H groups in total. The lowest BCUT2D eigenvalue weighted by molar-refractivity contribution is 0.0372. The van der Waals surface area contributed by atoms with E-state index in [2.05, 4.69) is 57.5 Å². The van der Waals surface area contributed by atoms with E-state index in [-0.39, 0.29) is 0 Å². The van der Waals surface area contributed by atoms with Crippen LogP contribution in [-0.4, -0.2) is 57.8 Å². The smallest absolute Gasteiger partial charge is 0.194 e. The molecule has 0 spiro atoms. The van der Waals surface area contributed by atoms with Crippen molar-refractivity contribution >= 4 is 5.96 Å². The summed E-state index contributed by atoms with van der Waals surface area (Å²) in [5, 5.41) is 7.77. The Balaban J connectivity index is 1.41. The fourth-order valence-electron chi connectivity index (χ4n) is 4.85. The van der Waals surface area contributed by atoms with Crippen molar-refractivity contribution in [3.63, 3.8) is 0 Å². The summed E-state index contributed by atoms with van der Waals surface area (Å²) < 4.78 is 1.90. The number of fused-ring (bicyclic) bond motifs is 1. The molecule has 2 aliphatic rings. The molecule has 29 heavy (non-hydrogen) atoms. The van der Waals surface area contributed by atoms with Gasteiger partial charge in [0.15, 0.2) is 5.96 Å². The molecule has 1 aromatic carbocycles. The zero-order valence-corrected chi connectivity index (χ0v) is 17.8. The van der Waals surface area contributed by atoms with Gasteiger partial charge in [-0.3, -0.25) is 9.58 Å². The number of hydrogen-bond acceptors (Lipinski definition) is 3. The number of aliphatic imine (C=N–C) groups is 1. The molecule has 1 aromatic heterocycles. The summed E-state index contributed by atoms with van der Waals surface area (Å²) in [5.41, 5.74) is 2.57. The van der Waals surface area contributed by atoms with Crippen molar-refractivity contribution in [3.8, 4) is 0 Å². The van der Waals surface area contributed by atoms with Crippen LogP contribution in [0.25, 0.3) is 0 Å². The van der Waals surface area contributed by atoms with Crippen LogP contribution >= 0.6 is 0 Å². The Morgan fingerprint density at radius 3 is 2.79 bits per heavy atom. The summed E-state index contributed by atoms with van der Waals surface area (Å²) in [6, 6.07) is 13.7. The number of guanidine groups is 1. The maximum absolute atomic E-state index is 4.92. The second-order valence-electron chi connectivity index (χ2n) is 8.28. The Labute approximate surface area is 174 Å². The fourth-order valence-corrected chi connectivity index (χ4v) is 4.85. The van der Waals surface area contributed by atoms with Crippen molar-refractivity contribution in [1.29, 1.82) is 0 Å². The number of nitrogens with one attached hydrogen (secondary N) is 1. The van der Waals surface area contributed by atoms with Crippen LogP contribution in [0.2, 0.25) is 0 Å². The van der Waals surface area contributed by atoms with Gasteiger partial charge >= 0.3 is 0 Å². The van der Waals surface area contributed by atoms with E-state index < -0.39 is 0 Å². The lowest BCUT2D eigenvalue weighted by Gasteiger charge is -2.48. The molecule has 2 aliphatic heterocycles. The first-order valence-electron chi connectivity index (χ1n) is 11.0. The van der Waals surface area contributed by atoms with Gasteiger partial charge in [-0.1, -0.05) is 30.3 Å². The SMILES string of the molecule is CCNC(=NCc1ccnn1C)N1CCC2C(CCCN2Cc2ccccc2)C1. The second kappa shape index (κ2) is 9.44. The minimum Gasteiger partial charge on any atom is -0.357 e. The number of rotatable bonds is 5. The van der Waals surface area contributed by atoms with Gasteiger partial charge in [-0.2, -0.15) is 5.10 Å². The molecule has 0 amide bonds. The van der Waals surface area contributed by atoms with Crippen LogP contribution in [0.4, 0.5) is 0 Å². The van der Waals surface area contributed by atoms with Gasteiger partial charge in [0.25, 0.3) is 0 Å². The minimum atomic E-state index is 0.670. The minimum absolute atomic E-state index is 0.670. The Bertz CT molecular complexity index is 799. The first-order valence-corrected chi connectivity index (χ1v) is 11.0. The molecule has 2 fully saturated rings. The molecule has 3 heterocycles. The van der Waals surface area contributed by atoms with Crippen LogP contribution in [0.15, 0.2) is 47.6 Å². The molecule has 2 atom stereocenters. The van der Waals surface area contributed by atoms with Gasteiger partial charge in [0.05, 0.1) is 12.2 Å². The highest BCUT2D eigenvalue weighted by Crippen LogP contribution is 2.31. The summed E-state index contributed by atoms with van der Waals surface area (Å²) >= 11 is 0. The number of likely N-dealkylation sites (tertiary alicyclic amines) is 2. The van der Waals surface area contributed by atoms with Gasteiger partial charge in [0.1, 0.15) is 0 Å². The molecule has 0 bridgehead atoms. The summed E-state index contributed by atoms with van der Waals surface area (Å²) in [6.07, 6.45) is 5.68. The van der Waals surface area contributed by atoms with Crippen LogP contribution in [0.3, 0.4) is 0 Å². The van der Waals surface area contributed by atoms with Gasteiger partial charge in [0.2, 0.25) is 0 Å². The summed E-state index contributed by atoms with van der Waals surface area (Å²) in [5.74, 6) is 1.77. The van der Waals surface area contributed by atoms with Crippen molar-refractivity contribution in [2.45, 2.75) is 45.3 Å².